The van der Waals surface area contributed by atoms with E-state index in [0.29, 0.717) is 5.02 Å². The van der Waals surface area contributed by atoms with Gasteiger partial charge in [-0.05, 0) is 24.1 Å². The maximum absolute atomic E-state index is 10.7. The van der Waals surface area contributed by atoms with Crippen molar-refractivity contribution in [2.24, 2.45) is 0 Å². The molecule has 1 aliphatic heterocycles. The Morgan fingerprint density at radius 2 is 2.40 bits per heavy atom. The summed E-state index contributed by atoms with van der Waals surface area (Å²) >= 11 is 5.90. The van der Waals surface area contributed by atoms with E-state index in [1.54, 1.807) is 0 Å². The average molecular weight is 226 g/mol. The van der Waals surface area contributed by atoms with Gasteiger partial charge < -0.3 is 10.0 Å². The molecule has 0 radical (unpaired) electrons. The Balaban J connectivity index is 2.25. The van der Waals surface area contributed by atoms with Crippen LogP contribution in [0.5, 0.6) is 0 Å². The van der Waals surface area contributed by atoms with Crippen molar-refractivity contribution in [1.82, 2.24) is 0 Å². The first-order valence-electron chi connectivity index (χ1n) is 4.81. The smallest absolute Gasteiger partial charge is 0.305 e. The largest absolute Gasteiger partial charge is 0.481 e. The minimum Gasteiger partial charge on any atom is -0.481 e. The molecule has 1 aromatic rings. The number of nitrogens with zero attached hydrogens (tertiary/aromatic N) is 1. The number of hydrogen-bond acceptors (Lipinski definition) is 2. The van der Waals surface area contributed by atoms with Crippen LogP contribution in [0.25, 0.3) is 0 Å². The monoisotopic (exact) mass is 225 g/mol. The molecule has 1 aliphatic rings. The molecule has 0 aliphatic carbocycles. The summed E-state index contributed by atoms with van der Waals surface area (Å²) in [5, 5.41) is 9.46. The van der Waals surface area contributed by atoms with E-state index < -0.39 is 5.97 Å². The Kier molecular flexibility index (Phi) is 2.57. The average Bonchev–Trinajstić information content (AvgIpc) is 2.44. The van der Waals surface area contributed by atoms with Gasteiger partial charge in [-0.25, -0.2) is 0 Å². The number of carbonyl (C=O) groups is 1. The van der Waals surface area contributed by atoms with Gasteiger partial charge in [0.2, 0.25) is 0 Å². The predicted molar refractivity (Wildman–Crippen MR) is 59.6 cm³/mol. The number of fused-ring (bicyclic) bond motifs is 1. The predicted octanol–water partition coefficient (Wildman–Crippen LogP) is 2.18. The maximum Gasteiger partial charge on any atom is 0.305 e. The molecular weight excluding hydrogens is 214 g/mol. The first-order chi connectivity index (χ1) is 7.08. The molecule has 80 valence electrons. The number of aliphatic carboxylic acids is 1. The normalized spacial score (nSPS) is 19.1. The van der Waals surface area contributed by atoms with E-state index in [9.17, 15) is 4.79 Å². The van der Waals surface area contributed by atoms with Crippen LogP contribution < -0.4 is 4.90 Å². The third-order valence-corrected chi connectivity index (χ3v) is 3.08. The summed E-state index contributed by atoms with van der Waals surface area (Å²) in [6, 6.07) is 5.75. The third-order valence-electron chi connectivity index (χ3n) is 2.84. The van der Waals surface area contributed by atoms with E-state index in [-0.39, 0.29) is 12.5 Å². The summed E-state index contributed by atoms with van der Waals surface area (Å²) in [7, 11) is 1.91. The molecule has 0 saturated carbocycles. The topological polar surface area (TPSA) is 40.5 Å². The number of anilines is 1. The van der Waals surface area contributed by atoms with Crippen molar-refractivity contribution < 1.29 is 9.90 Å². The van der Waals surface area contributed by atoms with Gasteiger partial charge in [-0.15, -0.1) is 0 Å². The van der Waals surface area contributed by atoms with Crippen molar-refractivity contribution in [3.8, 4) is 0 Å². The lowest BCUT2D eigenvalue weighted by Crippen LogP contribution is -2.30. The second-order valence-electron chi connectivity index (χ2n) is 3.84. The first kappa shape index (κ1) is 10.3. The highest BCUT2D eigenvalue weighted by molar-refractivity contribution is 6.30. The summed E-state index contributed by atoms with van der Waals surface area (Å²) < 4.78 is 0. The lowest BCUT2D eigenvalue weighted by atomic mass is 10.1. The van der Waals surface area contributed by atoms with Crippen LogP contribution in [0.4, 0.5) is 5.69 Å². The fourth-order valence-corrected chi connectivity index (χ4v) is 2.20. The number of hydrogen-bond donors (Lipinski definition) is 1. The molecule has 4 heteroatoms. The molecule has 1 atom stereocenters. The van der Waals surface area contributed by atoms with E-state index in [0.717, 1.165) is 12.1 Å². The number of carboxylic acids is 1. The van der Waals surface area contributed by atoms with Crippen molar-refractivity contribution >= 4 is 23.3 Å². The summed E-state index contributed by atoms with van der Waals surface area (Å²) in [6.07, 6.45) is 0.956. The van der Waals surface area contributed by atoms with Crippen molar-refractivity contribution in [3.63, 3.8) is 0 Å². The quantitative estimate of drug-likeness (QED) is 0.839. The lowest BCUT2D eigenvalue weighted by Gasteiger charge is -2.20. The van der Waals surface area contributed by atoms with E-state index in [2.05, 4.69) is 0 Å². The fraction of sp³-hybridized carbons (Fsp3) is 0.364. The van der Waals surface area contributed by atoms with E-state index in [1.165, 1.54) is 5.56 Å². The zero-order valence-electron chi connectivity index (χ0n) is 8.40. The molecule has 1 aromatic carbocycles. The molecule has 15 heavy (non-hydrogen) atoms. The highest BCUT2D eigenvalue weighted by atomic mass is 35.5. The van der Waals surface area contributed by atoms with Crippen LogP contribution in [-0.4, -0.2) is 24.2 Å². The molecule has 0 bridgehead atoms. The summed E-state index contributed by atoms with van der Waals surface area (Å²) in [5.74, 6) is -0.759. The minimum atomic E-state index is -0.759. The second-order valence-corrected chi connectivity index (χ2v) is 4.28. The molecule has 0 fully saturated rings. The lowest BCUT2D eigenvalue weighted by molar-refractivity contribution is -0.137. The van der Waals surface area contributed by atoms with Crippen LogP contribution in [0.2, 0.25) is 5.02 Å². The van der Waals surface area contributed by atoms with Gasteiger partial charge in [0, 0.05) is 23.8 Å². The maximum atomic E-state index is 10.7. The Morgan fingerprint density at radius 3 is 3.07 bits per heavy atom. The SMILES string of the molecule is CN1c2cc(Cl)ccc2CC1CC(=O)O. The highest BCUT2D eigenvalue weighted by Gasteiger charge is 2.28. The third kappa shape index (κ3) is 1.92. The van der Waals surface area contributed by atoms with Crippen LogP contribution in [0, 0.1) is 0 Å². The first-order valence-corrected chi connectivity index (χ1v) is 5.19. The van der Waals surface area contributed by atoms with Gasteiger partial charge in [0.25, 0.3) is 0 Å². The molecule has 0 saturated heterocycles. The zero-order chi connectivity index (χ0) is 11.0. The van der Waals surface area contributed by atoms with E-state index in [4.69, 9.17) is 16.7 Å². The molecule has 2 rings (SSSR count). The Bertz CT molecular complexity index is 406. The van der Waals surface area contributed by atoms with Gasteiger partial charge in [-0.3, -0.25) is 4.79 Å². The van der Waals surface area contributed by atoms with Gasteiger partial charge in [0.15, 0.2) is 0 Å². The molecule has 1 N–H and O–H groups in total. The number of likely N-dealkylation sites (N-methyl/N-ethyl adjacent to an activating group) is 1. The van der Waals surface area contributed by atoms with Crippen LogP contribution in [0.15, 0.2) is 18.2 Å². The van der Waals surface area contributed by atoms with Crippen LogP contribution in [0.1, 0.15) is 12.0 Å². The highest BCUT2D eigenvalue weighted by Crippen LogP contribution is 2.34. The molecule has 1 heterocycles. The summed E-state index contributed by atoms with van der Waals surface area (Å²) in [4.78, 5) is 12.7. The number of rotatable bonds is 2. The van der Waals surface area contributed by atoms with Crippen molar-refractivity contribution in [1.29, 1.82) is 0 Å². The fourth-order valence-electron chi connectivity index (χ4n) is 2.04. The Morgan fingerprint density at radius 1 is 1.67 bits per heavy atom. The van der Waals surface area contributed by atoms with Gasteiger partial charge in [0.05, 0.1) is 6.42 Å². The standard InChI is InChI=1S/C11H12ClNO2/c1-13-9(6-11(14)15)4-7-2-3-8(12)5-10(7)13/h2-3,5,9H,4,6H2,1H3,(H,14,15). The summed E-state index contributed by atoms with van der Waals surface area (Å²) in [6.45, 7) is 0. The molecule has 3 nitrogen and oxygen atoms in total. The second kappa shape index (κ2) is 3.74. The summed E-state index contributed by atoms with van der Waals surface area (Å²) in [5.41, 5.74) is 2.22. The van der Waals surface area contributed by atoms with Gasteiger partial charge in [-0.1, -0.05) is 17.7 Å². The van der Waals surface area contributed by atoms with E-state index >= 15 is 0 Å². The van der Waals surface area contributed by atoms with Crippen LogP contribution in [-0.2, 0) is 11.2 Å². The number of halogens is 1. The molecule has 0 spiro atoms. The van der Waals surface area contributed by atoms with Crippen LogP contribution >= 0.6 is 11.6 Å². The molecular formula is C11H12ClNO2. The van der Waals surface area contributed by atoms with Crippen molar-refractivity contribution in [2.75, 3.05) is 11.9 Å². The Hall–Kier alpha value is -1.22. The number of carboxylic acid groups (broad SMARTS) is 1. The van der Waals surface area contributed by atoms with Gasteiger partial charge >= 0.3 is 5.97 Å². The minimum absolute atomic E-state index is 0.0518. The number of benzene rings is 1. The molecule has 1 unspecified atom stereocenters. The Labute approximate surface area is 93.3 Å². The van der Waals surface area contributed by atoms with Crippen LogP contribution in [0.3, 0.4) is 0 Å². The molecule has 0 amide bonds. The van der Waals surface area contributed by atoms with Gasteiger partial charge in [-0.2, -0.15) is 0 Å². The van der Waals surface area contributed by atoms with E-state index in [1.807, 2.05) is 30.1 Å². The van der Waals surface area contributed by atoms with Crippen molar-refractivity contribution in [3.05, 3.63) is 28.8 Å². The zero-order valence-corrected chi connectivity index (χ0v) is 9.16. The van der Waals surface area contributed by atoms with Gasteiger partial charge in [0.1, 0.15) is 0 Å². The van der Waals surface area contributed by atoms with Crippen molar-refractivity contribution in [2.45, 2.75) is 18.9 Å². The molecule has 0 aromatic heterocycles.